The van der Waals surface area contributed by atoms with Crippen molar-refractivity contribution in [2.45, 2.75) is 24.6 Å². The number of thioether (sulfide) groups is 1. The van der Waals surface area contributed by atoms with E-state index in [1.165, 1.54) is 11.8 Å². The first kappa shape index (κ1) is 20.8. The second kappa shape index (κ2) is 9.27. The minimum Gasteiger partial charge on any atom is -0.465 e. The van der Waals surface area contributed by atoms with Crippen molar-refractivity contribution in [2.24, 2.45) is 5.73 Å². The lowest BCUT2D eigenvalue weighted by atomic mass is 10.3. The van der Waals surface area contributed by atoms with E-state index in [9.17, 15) is 14.4 Å². The van der Waals surface area contributed by atoms with E-state index < -0.39 is 17.3 Å². The van der Waals surface area contributed by atoms with Gasteiger partial charge in [-0.25, -0.2) is 4.90 Å². The van der Waals surface area contributed by atoms with Crippen molar-refractivity contribution in [3.05, 3.63) is 29.3 Å². The maximum atomic E-state index is 12.4. The third-order valence-electron chi connectivity index (χ3n) is 3.26. The molecular formula is C15H18Cl2N2O4S. The number of rotatable bonds is 6. The topological polar surface area (TPSA) is 89.7 Å². The Bertz CT molecular complexity index is 612. The zero-order valence-electron chi connectivity index (χ0n) is 12.9. The van der Waals surface area contributed by atoms with Crippen molar-refractivity contribution in [3.8, 4) is 0 Å². The molecule has 1 aliphatic rings. The summed E-state index contributed by atoms with van der Waals surface area (Å²) in [6, 6.07) is 5.67. The highest BCUT2D eigenvalue weighted by Gasteiger charge is 2.40. The molecule has 24 heavy (non-hydrogen) atoms. The van der Waals surface area contributed by atoms with E-state index in [0.29, 0.717) is 10.7 Å². The number of hydrogen-bond donors (Lipinski definition) is 1. The molecule has 1 saturated heterocycles. The Labute approximate surface area is 155 Å². The van der Waals surface area contributed by atoms with Crippen LogP contribution in [0, 0.1) is 0 Å². The van der Waals surface area contributed by atoms with Gasteiger partial charge in [-0.15, -0.1) is 24.2 Å². The summed E-state index contributed by atoms with van der Waals surface area (Å²) in [4.78, 5) is 37.1. The number of benzene rings is 1. The van der Waals surface area contributed by atoms with Crippen LogP contribution in [0.15, 0.2) is 24.3 Å². The fourth-order valence-corrected chi connectivity index (χ4v) is 3.34. The van der Waals surface area contributed by atoms with E-state index >= 15 is 0 Å². The number of carbonyl (C=O) groups is 3. The predicted octanol–water partition coefficient (Wildman–Crippen LogP) is 2.02. The van der Waals surface area contributed by atoms with Crippen LogP contribution in [-0.2, 0) is 19.1 Å². The summed E-state index contributed by atoms with van der Waals surface area (Å²) < 4.78 is 4.82. The van der Waals surface area contributed by atoms with Crippen LogP contribution in [-0.4, -0.2) is 41.4 Å². The van der Waals surface area contributed by atoms with E-state index in [1.807, 2.05) is 0 Å². The van der Waals surface area contributed by atoms with Gasteiger partial charge in [-0.05, 0) is 31.2 Å². The molecule has 6 nitrogen and oxygen atoms in total. The van der Waals surface area contributed by atoms with Gasteiger partial charge in [-0.2, -0.15) is 0 Å². The minimum atomic E-state index is -0.813. The van der Waals surface area contributed by atoms with Crippen molar-refractivity contribution in [1.82, 2.24) is 0 Å². The second-order valence-electron chi connectivity index (χ2n) is 4.93. The number of nitrogens with zero attached hydrogens (tertiary/aromatic N) is 1. The van der Waals surface area contributed by atoms with Crippen molar-refractivity contribution in [1.29, 1.82) is 0 Å². The van der Waals surface area contributed by atoms with Gasteiger partial charge in [0.05, 0.1) is 17.5 Å². The van der Waals surface area contributed by atoms with Gasteiger partial charge in [-0.3, -0.25) is 14.4 Å². The molecule has 0 spiro atoms. The van der Waals surface area contributed by atoms with Gasteiger partial charge in [0.25, 0.3) is 0 Å². The summed E-state index contributed by atoms with van der Waals surface area (Å²) in [6.07, 6.45) is 0.0850. The van der Waals surface area contributed by atoms with E-state index in [4.69, 9.17) is 22.1 Å². The number of nitrogens with two attached hydrogens (primary N) is 1. The standard InChI is InChI=1S/C15H17ClN2O4S.ClH/c1-2-22-15(21)11(17)8-23-12-7-13(19)18(14(12)20)10-5-3-9(16)4-6-10;/h3-6,11-12H,2,7-8,17H2,1H3;1H. The Morgan fingerprint density at radius 3 is 2.62 bits per heavy atom. The SMILES string of the molecule is CCOC(=O)C(N)CSC1CC(=O)N(c2ccc(Cl)cc2)C1=O.Cl. The monoisotopic (exact) mass is 392 g/mol. The molecule has 2 unspecified atom stereocenters. The van der Waals surface area contributed by atoms with E-state index in [0.717, 1.165) is 4.90 Å². The largest absolute Gasteiger partial charge is 0.465 e. The average Bonchev–Trinajstić information content (AvgIpc) is 2.80. The van der Waals surface area contributed by atoms with Crippen LogP contribution < -0.4 is 10.6 Å². The van der Waals surface area contributed by atoms with Gasteiger partial charge in [0, 0.05) is 17.2 Å². The Kier molecular flexibility index (Phi) is 8.02. The molecule has 0 bridgehead atoms. The lowest BCUT2D eigenvalue weighted by Gasteiger charge is -2.15. The number of carbonyl (C=O) groups excluding carboxylic acids is 3. The highest BCUT2D eigenvalue weighted by Crippen LogP contribution is 2.30. The quantitative estimate of drug-likeness (QED) is 0.588. The van der Waals surface area contributed by atoms with Gasteiger partial charge in [0.2, 0.25) is 11.8 Å². The summed E-state index contributed by atoms with van der Waals surface area (Å²) in [5.74, 6) is -0.874. The zero-order valence-corrected chi connectivity index (χ0v) is 15.3. The fraction of sp³-hybridized carbons (Fsp3) is 0.400. The summed E-state index contributed by atoms with van der Waals surface area (Å²) in [6.45, 7) is 1.95. The Morgan fingerprint density at radius 2 is 2.04 bits per heavy atom. The molecule has 1 aliphatic heterocycles. The average molecular weight is 393 g/mol. The molecule has 2 amide bonds. The summed E-state index contributed by atoms with van der Waals surface area (Å²) >= 11 is 7.01. The molecule has 0 aromatic heterocycles. The normalized spacial score (nSPS) is 18.3. The van der Waals surface area contributed by atoms with Gasteiger partial charge in [-0.1, -0.05) is 11.6 Å². The molecule has 132 valence electrons. The molecule has 1 fully saturated rings. The first-order valence-electron chi connectivity index (χ1n) is 7.10. The maximum Gasteiger partial charge on any atom is 0.323 e. The lowest BCUT2D eigenvalue weighted by molar-refractivity contribution is -0.144. The van der Waals surface area contributed by atoms with Crippen LogP contribution in [0.2, 0.25) is 5.02 Å². The third-order valence-corrected chi connectivity index (χ3v) is 4.83. The number of ether oxygens (including phenoxy) is 1. The second-order valence-corrected chi connectivity index (χ2v) is 6.60. The van der Waals surface area contributed by atoms with Gasteiger partial charge in [0.1, 0.15) is 6.04 Å². The van der Waals surface area contributed by atoms with E-state index in [1.54, 1.807) is 31.2 Å². The molecule has 1 heterocycles. The van der Waals surface area contributed by atoms with E-state index in [-0.39, 0.29) is 43.0 Å². The molecular weight excluding hydrogens is 375 g/mol. The molecule has 1 aromatic rings. The van der Waals surface area contributed by atoms with Crippen molar-refractivity contribution < 1.29 is 19.1 Å². The first-order valence-corrected chi connectivity index (χ1v) is 8.53. The van der Waals surface area contributed by atoms with Crippen LogP contribution in [0.5, 0.6) is 0 Å². The molecule has 2 atom stereocenters. The van der Waals surface area contributed by atoms with E-state index in [2.05, 4.69) is 0 Å². The summed E-state index contributed by atoms with van der Waals surface area (Å²) in [5, 5.41) is -0.0159. The Hall–Kier alpha value is -1.28. The van der Waals surface area contributed by atoms with Crippen LogP contribution in [0.25, 0.3) is 0 Å². The van der Waals surface area contributed by atoms with Gasteiger partial charge in [0.15, 0.2) is 0 Å². The molecule has 0 radical (unpaired) electrons. The van der Waals surface area contributed by atoms with Crippen molar-refractivity contribution in [3.63, 3.8) is 0 Å². The number of esters is 1. The fourth-order valence-electron chi connectivity index (χ4n) is 2.13. The smallest absolute Gasteiger partial charge is 0.323 e. The van der Waals surface area contributed by atoms with Gasteiger partial charge >= 0.3 is 5.97 Å². The number of amides is 2. The highest BCUT2D eigenvalue weighted by atomic mass is 35.5. The third kappa shape index (κ3) is 4.86. The zero-order chi connectivity index (χ0) is 17.0. The predicted molar refractivity (Wildman–Crippen MR) is 96.7 cm³/mol. The number of hydrogen-bond acceptors (Lipinski definition) is 6. The highest BCUT2D eigenvalue weighted by molar-refractivity contribution is 8.00. The molecule has 1 aromatic carbocycles. The summed E-state index contributed by atoms with van der Waals surface area (Å²) in [5.41, 5.74) is 6.19. The first-order chi connectivity index (χ1) is 10.9. The van der Waals surface area contributed by atoms with Crippen molar-refractivity contribution >= 4 is 59.2 Å². The summed E-state index contributed by atoms with van der Waals surface area (Å²) in [7, 11) is 0. The van der Waals surface area contributed by atoms with Crippen LogP contribution >= 0.6 is 35.8 Å². The molecule has 2 N–H and O–H groups in total. The Balaban J connectivity index is 0.00000288. The Morgan fingerprint density at radius 1 is 1.42 bits per heavy atom. The maximum absolute atomic E-state index is 12.4. The van der Waals surface area contributed by atoms with Crippen LogP contribution in [0.3, 0.4) is 0 Å². The van der Waals surface area contributed by atoms with Crippen molar-refractivity contribution in [2.75, 3.05) is 17.3 Å². The molecule has 0 aliphatic carbocycles. The lowest BCUT2D eigenvalue weighted by Crippen LogP contribution is -2.36. The molecule has 2 rings (SSSR count). The van der Waals surface area contributed by atoms with Gasteiger partial charge < -0.3 is 10.5 Å². The van der Waals surface area contributed by atoms with Crippen LogP contribution in [0.1, 0.15) is 13.3 Å². The number of halogens is 2. The molecule has 0 saturated carbocycles. The number of imide groups is 1. The minimum absolute atomic E-state index is 0. The molecule has 9 heteroatoms. The number of anilines is 1. The van der Waals surface area contributed by atoms with Crippen LogP contribution in [0.4, 0.5) is 5.69 Å².